The number of carbonyl (C=O) groups is 2. The molecule has 0 aliphatic heterocycles. The molecule has 0 spiro atoms. The maximum Gasteiger partial charge on any atom is 0.305 e. The summed E-state index contributed by atoms with van der Waals surface area (Å²) in [7, 11) is 0. The molecule has 2 N–H and O–H groups in total. The lowest BCUT2D eigenvalue weighted by atomic mass is 10.3. The lowest BCUT2D eigenvalue weighted by Crippen LogP contribution is -2.25. The van der Waals surface area contributed by atoms with E-state index in [1.54, 1.807) is 6.08 Å². The van der Waals surface area contributed by atoms with Crippen LogP contribution >= 0.6 is 0 Å². The Hall–Kier alpha value is -1.36. The highest BCUT2D eigenvalue weighted by Crippen LogP contribution is 1.90. The highest BCUT2D eigenvalue weighted by atomic mass is 16.5. The smallest absolute Gasteiger partial charge is 0.305 e. The molecular formula is C10H17NO4. The van der Waals surface area contributed by atoms with Crippen LogP contribution in [0.4, 0.5) is 0 Å². The fourth-order valence-electron chi connectivity index (χ4n) is 0.899. The van der Waals surface area contributed by atoms with Gasteiger partial charge in [-0.05, 0) is 6.42 Å². The third kappa shape index (κ3) is 10.6. The molecule has 0 saturated carbocycles. The highest BCUT2D eigenvalue weighted by Gasteiger charge is 2.01. The molecule has 0 aromatic carbocycles. The average molecular weight is 215 g/mol. The van der Waals surface area contributed by atoms with Crippen molar-refractivity contribution in [2.45, 2.75) is 19.3 Å². The first-order valence-electron chi connectivity index (χ1n) is 4.84. The predicted octanol–water partition coefficient (Wildman–Crippen LogP) is 0.560. The summed E-state index contributed by atoms with van der Waals surface area (Å²) in [4.78, 5) is 21.2. The molecule has 0 atom stereocenters. The molecule has 0 aliphatic carbocycles. The minimum absolute atomic E-state index is 0.0430. The largest absolute Gasteiger partial charge is 0.481 e. The van der Waals surface area contributed by atoms with E-state index in [1.165, 1.54) is 0 Å². The second-order valence-corrected chi connectivity index (χ2v) is 2.96. The predicted molar refractivity (Wildman–Crippen MR) is 55.5 cm³/mol. The van der Waals surface area contributed by atoms with Gasteiger partial charge in [0.1, 0.15) is 0 Å². The van der Waals surface area contributed by atoms with E-state index in [0.29, 0.717) is 26.1 Å². The summed E-state index contributed by atoms with van der Waals surface area (Å²) >= 11 is 0. The van der Waals surface area contributed by atoms with Crippen molar-refractivity contribution in [3.05, 3.63) is 12.7 Å². The van der Waals surface area contributed by atoms with Gasteiger partial charge in [-0.2, -0.15) is 0 Å². The molecule has 5 nitrogen and oxygen atoms in total. The minimum atomic E-state index is -0.912. The number of carbonyl (C=O) groups excluding carboxylic acids is 1. The van der Waals surface area contributed by atoms with Crippen LogP contribution < -0.4 is 5.32 Å². The molecule has 0 unspecified atom stereocenters. The highest BCUT2D eigenvalue weighted by molar-refractivity contribution is 5.76. The molecule has 0 rings (SSSR count). The van der Waals surface area contributed by atoms with Gasteiger partial charge in [0.2, 0.25) is 5.91 Å². The van der Waals surface area contributed by atoms with Gasteiger partial charge in [-0.3, -0.25) is 9.59 Å². The van der Waals surface area contributed by atoms with Crippen LogP contribution in [0, 0.1) is 0 Å². The molecule has 86 valence electrons. The molecule has 0 aliphatic rings. The number of amides is 1. The topological polar surface area (TPSA) is 75.6 Å². The first kappa shape index (κ1) is 13.6. The molecule has 15 heavy (non-hydrogen) atoms. The van der Waals surface area contributed by atoms with E-state index >= 15 is 0 Å². The third-order valence-electron chi connectivity index (χ3n) is 1.59. The van der Waals surface area contributed by atoms with Crippen molar-refractivity contribution < 1.29 is 19.4 Å². The van der Waals surface area contributed by atoms with Gasteiger partial charge in [-0.25, -0.2) is 0 Å². The Balaban J connectivity index is 3.25. The molecule has 0 fully saturated rings. The summed E-state index contributed by atoms with van der Waals surface area (Å²) in [6.45, 7) is 4.67. The molecule has 0 saturated heterocycles. The standard InChI is InChI=1S/C10H17NO4/c1-2-7-15-8-3-4-9(12)11-6-5-10(13)14/h2H,1,3-8H2,(H,11,12)(H,13,14). The van der Waals surface area contributed by atoms with Crippen LogP contribution in [0.3, 0.4) is 0 Å². The van der Waals surface area contributed by atoms with Crippen molar-refractivity contribution in [2.24, 2.45) is 0 Å². The number of hydrogen-bond acceptors (Lipinski definition) is 3. The SMILES string of the molecule is C=CCOCCCC(=O)NCCC(=O)O. The number of hydrogen-bond donors (Lipinski definition) is 2. The summed E-state index contributed by atoms with van der Waals surface area (Å²) in [5.74, 6) is -1.05. The molecule has 0 heterocycles. The Kier molecular flexibility index (Phi) is 8.37. The lowest BCUT2D eigenvalue weighted by Gasteiger charge is -2.03. The van der Waals surface area contributed by atoms with Crippen molar-refractivity contribution in [3.63, 3.8) is 0 Å². The van der Waals surface area contributed by atoms with Crippen molar-refractivity contribution in [3.8, 4) is 0 Å². The summed E-state index contributed by atoms with van der Waals surface area (Å²) < 4.78 is 5.08. The van der Waals surface area contributed by atoms with Gasteiger partial charge in [0.05, 0.1) is 13.0 Å². The number of aliphatic carboxylic acids is 1. The Morgan fingerprint density at radius 1 is 1.40 bits per heavy atom. The van der Waals surface area contributed by atoms with Crippen LogP contribution in [-0.2, 0) is 14.3 Å². The number of carboxylic acid groups (broad SMARTS) is 1. The fourth-order valence-corrected chi connectivity index (χ4v) is 0.899. The van der Waals surface area contributed by atoms with E-state index in [0.717, 1.165) is 0 Å². The monoisotopic (exact) mass is 215 g/mol. The number of ether oxygens (including phenoxy) is 1. The zero-order chi connectivity index (χ0) is 11.5. The van der Waals surface area contributed by atoms with E-state index in [-0.39, 0.29) is 18.9 Å². The second kappa shape index (κ2) is 9.21. The first-order valence-corrected chi connectivity index (χ1v) is 4.84. The maximum absolute atomic E-state index is 11.1. The zero-order valence-corrected chi connectivity index (χ0v) is 8.70. The van der Waals surface area contributed by atoms with Crippen LogP contribution in [0.2, 0.25) is 0 Å². The lowest BCUT2D eigenvalue weighted by molar-refractivity contribution is -0.136. The van der Waals surface area contributed by atoms with E-state index in [9.17, 15) is 9.59 Å². The van der Waals surface area contributed by atoms with Crippen LogP contribution in [0.5, 0.6) is 0 Å². The average Bonchev–Trinajstić information content (AvgIpc) is 2.17. The Morgan fingerprint density at radius 2 is 2.13 bits per heavy atom. The van der Waals surface area contributed by atoms with Crippen molar-refractivity contribution >= 4 is 11.9 Å². The van der Waals surface area contributed by atoms with Crippen LogP contribution in [-0.4, -0.2) is 36.7 Å². The van der Waals surface area contributed by atoms with Gasteiger partial charge < -0.3 is 15.2 Å². The minimum Gasteiger partial charge on any atom is -0.481 e. The molecular weight excluding hydrogens is 198 g/mol. The van der Waals surface area contributed by atoms with Crippen molar-refractivity contribution in [1.29, 1.82) is 0 Å². The van der Waals surface area contributed by atoms with Gasteiger partial charge in [0.15, 0.2) is 0 Å². The first-order chi connectivity index (χ1) is 7.16. The van der Waals surface area contributed by atoms with Crippen LogP contribution in [0.1, 0.15) is 19.3 Å². The van der Waals surface area contributed by atoms with E-state index < -0.39 is 5.97 Å². The normalized spacial score (nSPS) is 9.60. The van der Waals surface area contributed by atoms with Crippen LogP contribution in [0.25, 0.3) is 0 Å². The number of rotatable bonds is 9. The van der Waals surface area contributed by atoms with Crippen LogP contribution in [0.15, 0.2) is 12.7 Å². The van der Waals surface area contributed by atoms with E-state index in [2.05, 4.69) is 11.9 Å². The quantitative estimate of drug-likeness (QED) is 0.435. The summed E-state index contributed by atoms with van der Waals surface area (Å²) in [6.07, 6.45) is 2.59. The number of carboxylic acids is 1. The molecule has 0 radical (unpaired) electrons. The summed E-state index contributed by atoms with van der Waals surface area (Å²) in [5.41, 5.74) is 0. The van der Waals surface area contributed by atoms with Gasteiger partial charge in [-0.1, -0.05) is 6.08 Å². The molecule has 1 amide bonds. The Bertz CT molecular complexity index is 215. The third-order valence-corrected chi connectivity index (χ3v) is 1.59. The molecule has 0 aromatic rings. The second-order valence-electron chi connectivity index (χ2n) is 2.96. The Labute approximate surface area is 89.1 Å². The Morgan fingerprint density at radius 3 is 2.73 bits per heavy atom. The van der Waals surface area contributed by atoms with Gasteiger partial charge >= 0.3 is 5.97 Å². The number of nitrogens with one attached hydrogen (secondary N) is 1. The van der Waals surface area contributed by atoms with Gasteiger partial charge in [-0.15, -0.1) is 6.58 Å². The van der Waals surface area contributed by atoms with Gasteiger partial charge in [0, 0.05) is 19.6 Å². The molecule has 0 bridgehead atoms. The summed E-state index contributed by atoms with van der Waals surface area (Å²) in [6, 6.07) is 0. The van der Waals surface area contributed by atoms with Crippen molar-refractivity contribution in [1.82, 2.24) is 5.32 Å². The molecule has 5 heteroatoms. The van der Waals surface area contributed by atoms with Gasteiger partial charge in [0.25, 0.3) is 0 Å². The fraction of sp³-hybridized carbons (Fsp3) is 0.600. The molecule has 0 aromatic heterocycles. The van der Waals surface area contributed by atoms with E-state index in [4.69, 9.17) is 9.84 Å². The maximum atomic E-state index is 11.1. The summed E-state index contributed by atoms with van der Waals surface area (Å²) in [5, 5.41) is 10.8. The van der Waals surface area contributed by atoms with Crippen molar-refractivity contribution in [2.75, 3.05) is 19.8 Å². The zero-order valence-electron chi connectivity index (χ0n) is 8.70. The van der Waals surface area contributed by atoms with E-state index in [1.807, 2.05) is 0 Å².